The van der Waals surface area contributed by atoms with Gasteiger partial charge in [-0.3, -0.25) is 24.9 Å². The average molecular weight is 728 g/mol. The lowest BCUT2D eigenvalue weighted by Gasteiger charge is -2.01. The molecule has 0 bridgehead atoms. The molecule has 0 amide bonds. The molecule has 0 aliphatic carbocycles. The molecule has 0 atom stereocenters. The highest BCUT2D eigenvalue weighted by atomic mass is 14.8. The smallest absolute Gasteiger partial charge is 0.115 e. The molecule has 1 aromatic carbocycles. The van der Waals surface area contributed by atoms with Crippen LogP contribution in [0.2, 0.25) is 0 Å². The number of benzene rings is 1. The monoisotopic (exact) mass is 728 g/mol. The van der Waals surface area contributed by atoms with E-state index in [1.165, 1.54) is 22.3 Å². The molecule has 0 N–H and O–H groups in total. The van der Waals surface area contributed by atoms with Gasteiger partial charge in [0, 0.05) is 67.7 Å². The third-order valence-corrected chi connectivity index (χ3v) is 7.89. The minimum absolute atomic E-state index is 0.485. The highest BCUT2D eigenvalue weighted by molar-refractivity contribution is 5.18. The van der Waals surface area contributed by atoms with Crippen LogP contribution in [-0.4, -0.2) is 34.9 Å². The van der Waals surface area contributed by atoms with Gasteiger partial charge in [0.15, 0.2) is 0 Å². The maximum Gasteiger partial charge on any atom is 0.115 e. The summed E-state index contributed by atoms with van der Waals surface area (Å²) in [5, 5.41) is 0. The average Bonchev–Trinajstić information content (AvgIpc) is 3.21. The third kappa shape index (κ3) is 22.0. The Hall–Kier alpha value is -5.17. The van der Waals surface area contributed by atoms with E-state index in [2.05, 4.69) is 148 Å². The van der Waals surface area contributed by atoms with Gasteiger partial charge in [-0.2, -0.15) is 0 Å². The van der Waals surface area contributed by atoms with Crippen molar-refractivity contribution in [1.82, 2.24) is 34.9 Å². The van der Waals surface area contributed by atoms with Crippen molar-refractivity contribution < 1.29 is 0 Å². The Balaban J connectivity index is 0.000000324. The highest BCUT2D eigenvalue weighted by Gasteiger charge is 1.98. The second kappa shape index (κ2) is 28.3. The molecular formula is C47H65N7. The molecule has 54 heavy (non-hydrogen) atoms. The van der Waals surface area contributed by atoms with Crippen LogP contribution in [0.3, 0.4) is 0 Å². The van der Waals surface area contributed by atoms with Crippen LogP contribution in [0, 0.1) is 0 Å². The highest BCUT2D eigenvalue weighted by Crippen LogP contribution is 2.13. The van der Waals surface area contributed by atoms with Crippen LogP contribution in [0.1, 0.15) is 152 Å². The summed E-state index contributed by atoms with van der Waals surface area (Å²) in [5.41, 5.74) is 7.48. The molecule has 5 heterocycles. The van der Waals surface area contributed by atoms with Gasteiger partial charge in [0.05, 0.1) is 5.69 Å². The van der Waals surface area contributed by atoms with Gasteiger partial charge >= 0.3 is 0 Å². The van der Waals surface area contributed by atoms with E-state index in [0.29, 0.717) is 35.5 Å². The molecule has 0 aliphatic rings. The zero-order valence-corrected chi connectivity index (χ0v) is 34.9. The second-order valence-electron chi connectivity index (χ2n) is 14.5. The van der Waals surface area contributed by atoms with Crippen LogP contribution >= 0.6 is 0 Å². The van der Waals surface area contributed by atoms with Crippen LogP contribution in [0.15, 0.2) is 141 Å². The molecule has 0 saturated carbocycles. The largest absolute Gasteiger partial charge is 0.265 e. The van der Waals surface area contributed by atoms with Gasteiger partial charge in [0.25, 0.3) is 0 Å². The van der Waals surface area contributed by atoms with Crippen molar-refractivity contribution in [2.45, 2.75) is 119 Å². The molecule has 0 aliphatic heterocycles. The predicted molar refractivity (Wildman–Crippen MR) is 228 cm³/mol. The van der Waals surface area contributed by atoms with Gasteiger partial charge < -0.3 is 0 Å². The number of hydrogen-bond acceptors (Lipinski definition) is 7. The van der Waals surface area contributed by atoms with Gasteiger partial charge in [-0.25, -0.2) is 9.97 Å². The van der Waals surface area contributed by atoms with Crippen molar-refractivity contribution in [2.75, 3.05) is 0 Å². The van der Waals surface area contributed by atoms with Crippen LogP contribution < -0.4 is 0 Å². The van der Waals surface area contributed by atoms with E-state index in [1.807, 2.05) is 79.6 Å². The summed E-state index contributed by atoms with van der Waals surface area (Å²) in [6.45, 7) is 25.8. The first kappa shape index (κ1) is 46.9. The zero-order valence-electron chi connectivity index (χ0n) is 34.9. The molecule has 7 nitrogen and oxygen atoms in total. The molecule has 0 fully saturated rings. The zero-order chi connectivity index (χ0) is 40.1. The first-order chi connectivity index (χ1) is 25.8. The van der Waals surface area contributed by atoms with Crippen LogP contribution in [0.25, 0.3) is 0 Å². The van der Waals surface area contributed by atoms with Crippen molar-refractivity contribution in [1.29, 1.82) is 0 Å². The van der Waals surface area contributed by atoms with E-state index < -0.39 is 0 Å². The van der Waals surface area contributed by atoms with Gasteiger partial charge in [-0.05, 0) is 88.1 Å². The topological polar surface area (TPSA) is 90.2 Å². The molecule has 288 valence electrons. The number of aromatic nitrogens is 7. The molecule has 5 aromatic heterocycles. The molecule has 0 saturated heterocycles. The maximum atomic E-state index is 4.18. The Labute approximate surface area is 327 Å². The molecule has 0 spiro atoms. The van der Waals surface area contributed by atoms with Crippen molar-refractivity contribution in [3.8, 4) is 0 Å². The fraction of sp³-hybridized carbons (Fsp3) is 0.383. The minimum Gasteiger partial charge on any atom is -0.265 e. The van der Waals surface area contributed by atoms with Gasteiger partial charge in [-0.15, -0.1) is 0 Å². The fourth-order valence-corrected chi connectivity index (χ4v) is 4.24. The van der Waals surface area contributed by atoms with Gasteiger partial charge in [0.2, 0.25) is 0 Å². The van der Waals surface area contributed by atoms with Crippen LogP contribution in [0.4, 0.5) is 0 Å². The number of pyridine rings is 3. The van der Waals surface area contributed by atoms with E-state index in [1.54, 1.807) is 31.1 Å². The molecule has 7 heteroatoms. The molecule has 6 aromatic rings. The molecule has 6 rings (SSSR count). The van der Waals surface area contributed by atoms with Crippen LogP contribution in [0.5, 0.6) is 0 Å². The summed E-state index contributed by atoms with van der Waals surface area (Å²) in [7, 11) is 0. The normalized spacial score (nSPS) is 10.1. The number of nitrogens with zero attached hydrogens (tertiary/aromatic N) is 7. The molecule has 0 unspecified atom stereocenters. The molecular weight excluding hydrogens is 663 g/mol. The van der Waals surface area contributed by atoms with E-state index >= 15 is 0 Å². The van der Waals surface area contributed by atoms with E-state index in [-0.39, 0.29) is 0 Å². The predicted octanol–water partition coefficient (Wildman–Crippen LogP) is 12.6. The second-order valence-corrected chi connectivity index (χ2v) is 14.5. The first-order valence-corrected chi connectivity index (χ1v) is 19.1. The standard InChI is InChI=1S/C9H12.3C8H11N.2C7H10N2/c1-8(2)9-6-4-3-5-7-9;1-7(2)8-3-5-9-6-4-8;1-7(2)8-4-3-5-9-6-8;1-7(2)8-5-3-4-6-9-8;1-6(2)7-3-8-5-9-4-7;1-6(2)7-5-8-3-4-9-7/h3-8H,1-2H3;3*3-7H,1-2H3;2*3-6H,1-2H3. The van der Waals surface area contributed by atoms with E-state index in [4.69, 9.17) is 0 Å². The lowest BCUT2D eigenvalue weighted by molar-refractivity contribution is 0.812. The van der Waals surface area contributed by atoms with Crippen molar-refractivity contribution in [2.24, 2.45) is 0 Å². The Bertz CT molecular complexity index is 1340. The van der Waals surface area contributed by atoms with Crippen molar-refractivity contribution in [3.05, 3.63) is 175 Å². The lowest BCUT2D eigenvalue weighted by atomic mass is 10.0. The Morgan fingerprint density at radius 1 is 0.296 bits per heavy atom. The van der Waals surface area contributed by atoms with Crippen LogP contribution in [-0.2, 0) is 0 Å². The quantitative estimate of drug-likeness (QED) is 0.169. The summed E-state index contributed by atoms with van der Waals surface area (Å²) in [5.74, 6) is 3.44. The fourth-order valence-electron chi connectivity index (χ4n) is 4.24. The Morgan fingerprint density at radius 3 is 1.11 bits per heavy atom. The van der Waals surface area contributed by atoms with Gasteiger partial charge in [0.1, 0.15) is 6.33 Å². The summed E-state index contributed by atoms with van der Waals surface area (Å²) < 4.78 is 0. The number of hydrogen-bond donors (Lipinski definition) is 0. The van der Waals surface area contributed by atoms with Crippen molar-refractivity contribution in [3.63, 3.8) is 0 Å². The summed E-state index contributed by atoms with van der Waals surface area (Å²) in [4.78, 5) is 28.0. The summed E-state index contributed by atoms with van der Waals surface area (Å²) in [6, 6.07) is 24.7. The SMILES string of the molecule is CC(C)c1ccccc1.CC(C)c1ccccn1.CC(C)c1cccnc1.CC(C)c1ccncc1.CC(C)c1cnccn1.CC(C)c1cncnc1. The van der Waals surface area contributed by atoms with Gasteiger partial charge in [-0.1, -0.05) is 126 Å². The lowest BCUT2D eigenvalue weighted by Crippen LogP contribution is -1.91. The van der Waals surface area contributed by atoms with E-state index in [0.717, 1.165) is 11.4 Å². The van der Waals surface area contributed by atoms with E-state index in [9.17, 15) is 0 Å². The number of rotatable bonds is 6. The van der Waals surface area contributed by atoms with Crippen molar-refractivity contribution >= 4 is 0 Å². The summed E-state index contributed by atoms with van der Waals surface area (Å²) in [6.07, 6.45) is 19.6. The first-order valence-electron chi connectivity index (χ1n) is 19.1. The maximum absolute atomic E-state index is 4.18. The Morgan fingerprint density at radius 2 is 0.778 bits per heavy atom. The summed E-state index contributed by atoms with van der Waals surface area (Å²) >= 11 is 0. The Kier molecular flexibility index (Phi) is 24.6. The molecule has 0 radical (unpaired) electrons. The third-order valence-electron chi connectivity index (χ3n) is 7.89. The minimum atomic E-state index is 0.485.